The standard InChI is InChI=1S/C25H29F3/c1-3-5-7-18-10-14-21-20(16-18)13-15-22(24(21)27)25(28)23(26)19-11-8-17(6-4-2)9-12-19/h3,10,13-17,19H,1,4-9,11-12H2,2H3. The maximum atomic E-state index is 14.9. The van der Waals surface area contributed by atoms with Crippen molar-refractivity contribution < 1.29 is 13.2 Å². The van der Waals surface area contributed by atoms with Gasteiger partial charge in [-0.1, -0.05) is 50.1 Å². The van der Waals surface area contributed by atoms with Crippen LogP contribution in [0.15, 0.2) is 48.8 Å². The molecule has 0 atom stereocenters. The molecule has 2 aromatic rings. The van der Waals surface area contributed by atoms with Crippen LogP contribution >= 0.6 is 0 Å². The molecular formula is C25H29F3. The first-order valence-corrected chi connectivity index (χ1v) is 10.4. The molecule has 0 N–H and O–H groups in total. The molecule has 0 saturated heterocycles. The molecule has 0 aliphatic heterocycles. The van der Waals surface area contributed by atoms with Gasteiger partial charge in [0.05, 0.1) is 0 Å². The Hall–Kier alpha value is -2.03. The molecule has 0 nitrogen and oxygen atoms in total. The molecule has 0 amide bonds. The van der Waals surface area contributed by atoms with Gasteiger partial charge in [-0.25, -0.2) is 13.2 Å². The van der Waals surface area contributed by atoms with E-state index in [1.165, 1.54) is 6.07 Å². The van der Waals surface area contributed by atoms with Crippen molar-refractivity contribution in [3.05, 3.63) is 65.8 Å². The summed E-state index contributed by atoms with van der Waals surface area (Å²) in [6.45, 7) is 5.86. The van der Waals surface area contributed by atoms with E-state index in [4.69, 9.17) is 0 Å². The Morgan fingerprint density at radius 2 is 1.86 bits per heavy atom. The summed E-state index contributed by atoms with van der Waals surface area (Å²) in [7, 11) is 0. The van der Waals surface area contributed by atoms with Gasteiger partial charge >= 0.3 is 0 Å². The predicted molar refractivity (Wildman–Crippen MR) is 112 cm³/mol. The van der Waals surface area contributed by atoms with Crippen molar-refractivity contribution >= 4 is 16.6 Å². The van der Waals surface area contributed by atoms with E-state index in [-0.39, 0.29) is 5.56 Å². The Kier molecular flexibility index (Phi) is 6.98. The van der Waals surface area contributed by atoms with Crippen LogP contribution in [0.5, 0.6) is 0 Å². The summed E-state index contributed by atoms with van der Waals surface area (Å²) in [5.41, 5.74) is 0.810. The summed E-state index contributed by atoms with van der Waals surface area (Å²) >= 11 is 0. The molecule has 2 aromatic carbocycles. The van der Waals surface area contributed by atoms with E-state index in [0.717, 1.165) is 44.1 Å². The zero-order valence-corrected chi connectivity index (χ0v) is 16.6. The van der Waals surface area contributed by atoms with Crippen LogP contribution < -0.4 is 0 Å². The second-order valence-corrected chi connectivity index (χ2v) is 7.98. The molecule has 1 aliphatic rings. The molecule has 3 rings (SSSR count). The number of allylic oxidation sites excluding steroid dienone is 2. The number of fused-ring (bicyclic) bond motifs is 1. The summed E-state index contributed by atoms with van der Waals surface area (Å²) in [6.07, 6.45) is 8.92. The Balaban J connectivity index is 1.84. The first kappa shape index (κ1) is 20.7. The average Bonchev–Trinajstić information content (AvgIpc) is 2.72. The highest BCUT2D eigenvalue weighted by molar-refractivity contribution is 5.87. The van der Waals surface area contributed by atoms with Crippen LogP contribution in [-0.4, -0.2) is 0 Å². The number of aryl methyl sites for hydroxylation is 1. The van der Waals surface area contributed by atoms with Crippen LogP contribution in [0.4, 0.5) is 13.2 Å². The first-order valence-electron chi connectivity index (χ1n) is 10.4. The summed E-state index contributed by atoms with van der Waals surface area (Å²) < 4.78 is 44.6. The Labute approximate surface area is 166 Å². The van der Waals surface area contributed by atoms with Crippen LogP contribution in [0.25, 0.3) is 16.6 Å². The van der Waals surface area contributed by atoms with Crippen molar-refractivity contribution in [2.75, 3.05) is 0 Å². The van der Waals surface area contributed by atoms with Crippen LogP contribution in [0.1, 0.15) is 63.0 Å². The number of rotatable bonds is 7. The first-order chi connectivity index (χ1) is 13.5. The van der Waals surface area contributed by atoms with Crippen molar-refractivity contribution in [3.8, 4) is 0 Å². The van der Waals surface area contributed by atoms with Crippen LogP contribution in [-0.2, 0) is 6.42 Å². The second-order valence-electron chi connectivity index (χ2n) is 7.98. The molecule has 3 heteroatoms. The maximum Gasteiger partial charge on any atom is 0.165 e. The predicted octanol–water partition coefficient (Wildman–Crippen LogP) is 8.31. The van der Waals surface area contributed by atoms with Gasteiger partial charge in [0.1, 0.15) is 11.6 Å². The van der Waals surface area contributed by atoms with E-state index in [2.05, 4.69) is 13.5 Å². The number of halogens is 3. The molecule has 1 aliphatic carbocycles. The quantitative estimate of drug-likeness (QED) is 0.420. The second kappa shape index (κ2) is 9.45. The van der Waals surface area contributed by atoms with E-state index in [9.17, 15) is 13.2 Å². The molecule has 0 spiro atoms. The molecule has 28 heavy (non-hydrogen) atoms. The lowest BCUT2D eigenvalue weighted by Crippen LogP contribution is -2.15. The highest BCUT2D eigenvalue weighted by atomic mass is 19.2. The van der Waals surface area contributed by atoms with E-state index >= 15 is 0 Å². The van der Waals surface area contributed by atoms with Gasteiger partial charge in [-0.15, -0.1) is 6.58 Å². The highest BCUT2D eigenvalue weighted by Gasteiger charge is 2.27. The fraction of sp³-hybridized carbons (Fsp3) is 0.440. The van der Waals surface area contributed by atoms with E-state index in [0.29, 0.717) is 29.5 Å². The molecule has 150 valence electrons. The van der Waals surface area contributed by atoms with Gasteiger partial charge in [-0.05, 0) is 61.5 Å². The fourth-order valence-electron chi connectivity index (χ4n) is 4.36. The summed E-state index contributed by atoms with van der Waals surface area (Å²) in [6, 6.07) is 8.45. The summed E-state index contributed by atoms with van der Waals surface area (Å²) in [4.78, 5) is 0. The number of benzene rings is 2. The molecule has 0 unspecified atom stereocenters. The van der Waals surface area contributed by atoms with Crippen LogP contribution in [0.3, 0.4) is 0 Å². The van der Waals surface area contributed by atoms with Gasteiger partial charge in [-0.3, -0.25) is 0 Å². The minimum atomic E-state index is -1.03. The largest absolute Gasteiger partial charge is 0.208 e. The maximum absolute atomic E-state index is 14.9. The average molecular weight is 387 g/mol. The SMILES string of the molecule is C=CCCc1ccc2c(F)c(C(F)=C(F)C3CCC(CCC)CC3)ccc2c1. The van der Waals surface area contributed by atoms with Crippen molar-refractivity contribution in [2.24, 2.45) is 11.8 Å². The Morgan fingerprint density at radius 1 is 1.11 bits per heavy atom. The molecule has 0 bridgehead atoms. The molecule has 0 radical (unpaired) electrons. The minimum absolute atomic E-state index is 0.264. The molecular weight excluding hydrogens is 357 g/mol. The summed E-state index contributed by atoms with van der Waals surface area (Å²) in [5, 5.41) is 1.03. The third kappa shape index (κ3) is 4.51. The lowest BCUT2D eigenvalue weighted by Gasteiger charge is -2.27. The van der Waals surface area contributed by atoms with Gasteiger partial charge in [0, 0.05) is 16.9 Å². The topological polar surface area (TPSA) is 0 Å². The van der Waals surface area contributed by atoms with Crippen molar-refractivity contribution in [3.63, 3.8) is 0 Å². The normalized spacial score (nSPS) is 20.9. The van der Waals surface area contributed by atoms with Gasteiger partial charge in [-0.2, -0.15) is 0 Å². The monoisotopic (exact) mass is 386 g/mol. The van der Waals surface area contributed by atoms with Crippen molar-refractivity contribution in [1.29, 1.82) is 0 Å². The number of hydrogen-bond donors (Lipinski definition) is 0. The third-order valence-corrected chi connectivity index (χ3v) is 6.00. The van der Waals surface area contributed by atoms with Crippen molar-refractivity contribution in [2.45, 2.75) is 58.3 Å². The fourth-order valence-corrected chi connectivity index (χ4v) is 4.36. The molecule has 0 aromatic heterocycles. The van der Waals surface area contributed by atoms with Gasteiger partial charge in [0.15, 0.2) is 5.83 Å². The third-order valence-electron chi connectivity index (χ3n) is 6.00. The van der Waals surface area contributed by atoms with Gasteiger partial charge < -0.3 is 0 Å². The lowest BCUT2D eigenvalue weighted by atomic mass is 9.79. The molecule has 1 saturated carbocycles. The van der Waals surface area contributed by atoms with Gasteiger partial charge in [0.2, 0.25) is 0 Å². The smallest absolute Gasteiger partial charge is 0.165 e. The van der Waals surface area contributed by atoms with Crippen LogP contribution in [0.2, 0.25) is 0 Å². The van der Waals surface area contributed by atoms with Gasteiger partial charge in [0.25, 0.3) is 0 Å². The van der Waals surface area contributed by atoms with Crippen LogP contribution in [0, 0.1) is 17.7 Å². The highest BCUT2D eigenvalue weighted by Crippen LogP contribution is 2.40. The van der Waals surface area contributed by atoms with E-state index in [1.807, 2.05) is 18.2 Å². The Bertz CT molecular complexity index is 857. The van der Waals surface area contributed by atoms with Crippen molar-refractivity contribution in [1.82, 2.24) is 0 Å². The zero-order chi connectivity index (χ0) is 20.1. The summed E-state index contributed by atoms with van der Waals surface area (Å²) in [5.74, 6) is -2.31. The van der Waals surface area contributed by atoms with E-state index in [1.54, 1.807) is 12.1 Å². The zero-order valence-electron chi connectivity index (χ0n) is 16.6. The number of hydrogen-bond acceptors (Lipinski definition) is 0. The Morgan fingerprint density at radius 3 is 2.54 bits per heavy atom. The minimum Gasteiger partial charge on any atom is -0.208 e. The lowest BCUT2D eigenvalue weighted by molar-refractivity contribution is 0.261. The van der Waals surface area contributed by atoms with E-state index < -0.39 is 23.4 Å². The molecule has 1 fully saturated rings. The molecule has 0 heterocycles.